The molecule has 0 heterocycles. The van der Waals surface area contributed by atoms with Crippen LogP contribution in [0.25, 0.3) is 0 Å². The Morgan fingerprint density at radius 2 is 1.36 bits per heavy atom. The molecule has 0 bridgehead atoms. The van der Waals surface area contributed by atoms with E-state index in [0.717, 1.165) is 11.8 Å². The van der Waals surface area contributed by atoms with Crippen molar-refractivity contribution in [2.24, 2.45) is 0 Å². The molecule has 0 saturated heterocycles. The summed E-state index contributed by atoms with van der Waals surface area (Å²) in [5.74, 6) is 0. The van der Waals surface area contributed by atoms with Gasteiger partial charge in [-0.2, -0.15) is 0 Å². The van der Waals surface area contributed by atoms with Crippen molar-refractivity contribution in [1.29, 1.82) is 0 Å². The van der Waals surface area contributed by atoms with Crippen LogP contribution in [-0.2, 0) is 9.59 Å². The van der Waals surface area contributed by atoms with E-state index in [1.807, 2.05) is 0 Å². The van der Waals surface area contributed by atoms with Gasteiger partial charge in [-0.25, -0.2) is 0 Å². The Bertz CT molecular complexity index is 134. The summed E-state index contributed by atoms with van der Waals surface area (Å²) in [6, 6.07) is 0. The maximum atomic E-state index is 10.8. The lowest BCUT2D eigenvalue weighted by Crippen LogP contribution is -2.00. The summed E-state index contributed by atoms with van der Waals surface area (Å²) >= 11 is 7.06. The Morgan fingerprint density at radius 3 is 1.64 bits per heavy atom. The van der Waals surface area contributed by atoms with Crippen LogP contribution in [0.15, 0.2) is 0 Å². The molecule has 0 aliphatic carbocycles. The number of carbonyl (C=O) groups is 2. The van der Waals surface area contributed by atoms with E-state index in [0.29, 0.717) is 23.5 Å². The molecule has 5 heteroatoms. The van der Waals surface area contributed by atoms with Crippen molar-refractivity contribution in [2.75, 3.05) is 10.7 Å². The second-order valence-corrected chi connectivity index (χ2v) is 4.42. The van der Waals surface area contributed by atoms with E-state index in [-0.39, 0.29) is 10.2 Å². The van der Waals surface area contributed by atoms with Gasteiger partial charge in [-0.1, -0.05) is 31.9 Å². The van der Waals surface area contributed by atoms with Crippen LogP contribution in [0.4, 0.5) is 0 Å². The lowest BCUT2D eigenvalue weighted by molar-refractivity contribution is -0.112. The number of hydrogen-bond donors (Lipinski definition) is 0. The molecule has 2 nitrogen and oxygen atoms in total. The van der Waals surface area contributed by atoms with E-state index in [1.54, 1.807) is 0 Å². The van der Waals surface area contributed by atoms with Gasteiger partial charge in [0.25, 0.3) is 0 Å². The van der Waals surface area contributed by atoms with Gasteiger partial charge < -0.3 is 0 Å². The van der Waals surface area contributed by atoms with Crippen molar-refractivity contribution in [3.8, 4) is 0 Å². The number of alkyl halides is 2. The molecule has 0 aromatic carbocycles. The van der Waals surface area contributed by atoms with Crippen molar-refractivity contribution < 1.29 is 9.59 Å². The summed E-state index contributed by atoms with van der Waals surface area (Å²) in [5, 5.41) is 1.13. The van der Waals surface area contributed by atoms with E-state index in [1.165, 1.54) is 0 Å². The molecule has 0 amide bonds. The summed E-state index contributed by atoms with van der Waals surface area (Å²) in [6.45, 7) is 0. The first-order valence-electron chi connectivity index (χ1n) is 3.06. The number of halogens is 2. The predicted octanol–water partition coefficient (Wildman–Crippen LogP) is 2.34. The molecule has 64 valence electrons. The van der Waals surface area contributed by atoms with E-state index < -0.39 is 0 Å². The largest absolute Gasteiger partial charge is 0.287 e. The van der Waals surface area contributed by atoms with Gasteiger partial charge in [0.05, 0.1) is 0 Å². The van der Waals surface area contributed by atoms with E-state index >= 15 is 0 Å². The molecule has 0 radical (unpaired) electrons. The third kappa shape index (κ3) is 7.03. The zero-order valence-corrected chi connectivity index (χ0v) is 9.80. The molecule has 0 rings (SSSR count). The Kier molecular flexibility index (Phi) is 7.74. The number of carbonyl (C=O) groups excluding carboxylic acids is 2. The molecule has 0 aliphatic heterocycles. The van der Waals surface area contributed by atoms with Crippen LogP contribution in [0.3, 0.4) is 0 Å². The first kappa shape index (κ1) is 11.6. The van der Waals surface area contributed by atoms with Crippen LogP contribution in [0, 0.1) is 0 Å². The van der Waals surface area contributed by atoms with Crippen LogP contribution in [0.5, 0.6) is 0 Å². The second-order valence-electron chi connectivity index (χ2n) is 1.72. The molecule has 0 fully saturated rings. The van der Waals surface area contributed by atoms with Gasteiger partial charge in [-0.05, 0) is 11.8 Å². The Morgan fingerprint density at radius 1 is 1.00 bits per heavy atom. The minimum atomic E-state index is -0.0622. The molecular formula is C6H8Br2O2S. The van der Waals surface area contributed by atoms with Crippen LogP contribution >= 0.6 is 43.6 Å². The highest BCUT2D eigenvalue weighted by molar-refractivity contribution is 9.09. The Hall–Kier alpha value is 0.650. The van der Waals surface area contributed by atoms with Crippen LogP contribution in [0.2, 0.25) is 0 Å². The van der Waals surface area contributed by atoms with Crippen molar-refractivity contribution >= 4 is 53.9 Å². The topological polar surface area (TPSA) is 34.1 Å². The summed E-state index contributed by atoms with van der Waals surface area (Å²) < 4.78 is 0. The third-order valence-electron chi connectivity index (χ3n) is 0.825. The maximum absolute atomic E-state index is 10.8. The predicted molar refractivity (Wildman–Crippen MR) is 54.4 cm³/mol. The van der Waals surface area contributed by atoms with Gasteiger partial charge in [0, 0.05) is 23.5 Å². The third-order valence-corrected chi connectivity index (χ3v) is 2.48. The second kappa shape index (κ2) is 7.31. The molecule has 0 aliphatic rings. The Labute approximate surface area is 86.7 Å². The van der Waals surface area contributed by atoms with Gasteiger partial charge >= 0.3 is 0 Å². The molecule has 0 aromatic heterocycles. The number of rotatable bonds is 4. The molecule has 0 unspecified atom stereocenters. The fraction of sp³-hybridized carbons (Fsp3) is 0.667. The fourth-order valence-electron chi connectivity index (χ4n) is 0.383. The normalized spacial score (nSPS) is 9.64. The molecule has 0 atom stereocenters. The van der Waals surface area contributed by atoms with E-state index in [2.05, 4.69) is 31.9 Å². The smallest absolute Gasteiger partial charge is 0.197 e. The van der Waals surface area contributed by atoms with Crippen LogP contribution in [0.1, 0.15) is 12.8 Å². The minimum absolute atomic E-state index is 0.0622. The average Bonchev–Trinajstić information content (AvgIpc) is 1.87. The highest BCUT2D eigenvalue weighted by atomic mass is 79.9. The summed E-state index contributed by atoms with van der Waals surface area (Å²) in [4.78, 5) is 21.7. The van der Waals surface area contributed by atoms with Gasteiger partial charge in [0.1, 0.15) is 0 Å². The highest BCUT2D eigenvalue weighted by Crippen LogP contribution is 2.10. The summed E-state index contributed by atoms with van der Waals surface area (Å²) in [5.41, 5.74) is 0. The SMILES string of the molecule is O=C(CCBr)SC(=O)CCBr. The van der Waals surface area contributed by atoms with E-state index in [4.69, 9.17) is 0 Å². The number of hydrogen-bond acceptors (Lipinski definition) is 3. The quantitative estimate of drug-likeness (QED) is 0.748. The molecule has 0 N–H and O–H groups in total. The van der Waals surface area contributed by atoms with Crippen molar-refractivity contribution in [3.63, 3.8) is 0 Å². The maximum Gasteiger partial charge on any atom is 0.197 e. The minimum Gasteiger partial charge on any atom is -0.287 e. The van der Waals surface area contributed by atoms with Crippen LogP contribution < -0.4 is 0 Å². The van der Waals surface area contributed by atoms with Gasteiger partial charge in [-0.3, -0.25) is 9.59 Å². The fourth-order valence-corrected chi connectivity index (χ4v) is 2.29. The van der Waals surface area contributed by atoms with Crippen molar-refractivity contribution in [1.82, 2.24) is 0 Å². The summed E-state index contributed by atoms with van der Waals surface area (Å²) in [6.07, 6.45) is 0.831. The number of thioether (sulfide) groups is 1. The van der Waals surface area contributed by atoms with Gasteiger partial charge in [0.2, 0.25) is 0 Å². The first-order chi connectivity index (χ1) is 5.20. The van der Waals surface area contributed by atoms with Gasteiger partial charge in [-0.15, -0.1) is 0 Å². The molecular weight excluding hydrogens is 296 g/mol. The zero-order chi connectivity index (χ0) is 8.69. The standard InChI is InChI=1S/C6H8Br2O2S/c7-3-1-5(9)11-6(10)2-4-8/h1-4H2. The lowest BCUT2D eigenvalue weighted by Gasteiger charge is -1.94. The van der Waals surface area contributed by atoms with E-state index in [9.17, 15) is 9.59 Å². The molecule has 0 saturated carbocycles. The first-order valence-corrected chi connectivity index (χ1v) is 6.12. The molecule has 0 aromatic rings. The average molecular weight is 304 g/mol. The highest BCUT2D eigenvalue weighted by Gasteiger charge is 2.08. The lowest BCUT2D eigenvalue weighted by atomic mass is 10.5. The zero-order valence-electron chi connectivity index (χ0n) is 5.81. The summed E-state index contributed by atoms with van der Waals surface area (Å²) in [7, 11) is 0. The van der Waals surface area contributed by atoms with Gasteiger partial charge in [0.15, 0.2) is 10.2 Å². The molecule has 0 spiro atoms. The van der Waals surface area contributed by atoms with Crippen molar-refractivity contribution in [2.45, 2.75) is 12.8 Å². The Balaban J connectivity index is 3.49. The van der Waals surface area contributed by atoms with Crippen LogP contribution in [-0.4, -0.2) is 20.9 Å². The van der Waals surface area contributed by atoms with Crippen molar-refractivity contribution in [3.05, 3.63) is 0 Å². The monoisotopic (exact) mass is 302 g/mol. The molecule has 11 heavy (non-hydrogen) atoms.